The molecule has 0 aromatic heterocycles. The molecular formula is C15H14O. The number of carbonyl (C=O) groups is 1. The summed E-state index contributed by atoms with van der Waals surface area (Å²) >= 11 is 0. The smallest absolute Gasteiger partial charge is 0.155 e. The van der Waals surface area contributed by atoms with Crippen LogP contribution in [0, 0.1) is 0 Å². The number of carbonyl (C=O) groups excluding carboxylic acids is 1. The minimum atomic E-state index is 0.160. The molecule has 2 aromatic carbocycles. The van der Waals surface area contributed by atoms with Crippen LogP contribution in [0.15, 0.2) is 48.5 Å². The average molecular weight is 210 g/mol. The highest BCUT2D eigenvalue weighted by molar-refractivity contribution is 5.97. The van der Waals surface area contributed by atoms with Crippen molar-refractivity contribution in [2.45, 2.75) is 13.3 Å². The van der Waals surface area contributed by atoms with Crippen LogP contribution in [-0.2, 0) is 4.79 Å². The molecule has 0 unspecified atom stereocenters. The topological polar surface area (TPSA) is 17.1 Å². The van der Waals surface area contributed by atoms with Gasteiger partial charge in [0.05, 0.1) is 0 Å². The highest BCUT2D eigenvalue weighted by atomic mass is 16.1. The van der Waals surface area contributed by atoms with Gasteiger partial charge in [0, 0.05) is 6.42 Å². The van der Waals surface area contributed by atoms with Crippen LogP contribution >= 0.6 is 0 Å². The molecule has 1 heteroatoms. The number of hydrogen-bond donors (Lipinski definition) is 0. The summed E-state index contributed by atoms with van der Waals surface area (Å²) in [5.41, 5.74) is 1.10. The van der Waals surface area contributed by atoms with Crippen molar-refractivity contribution in [3.63, 3.8) is 0 Å². The standard InChI is InChI=1S/C15H14O/c1-2-14(16)11-10-13-8-5-7-12-6-3-4-9-15(12)13/h3-11H,2H2,1H3. The van der Waals surface area contributed by atoms with Gasteiger partial charge in [0.1, 0.15) is 0 Å². The number of hydrogen-bond acceptors (Lipinski definition) is 1. The molecular weight excluding hydrogens is 196 g/mol. The molecule has 0 aliphatic rings. The fourth-order valence-electron chi connectivity index (χ4n) is 1.70. The Morgan fingerprint density at radius 2 is 1.88 bits per heavy atom. The molecule has 0 spiro atoms. The molecule has 0 N–H and O–H groups in total. The van der Waals surface area contributed by atoms with E-state index in [2.05, 4.69) is 18.2 Å². The summed E-state index contributed by atoms with van der Waals surface area (Å²) in [7, 11) is 0. The molecule has 0 aliphatic heterocycles. The van der Waals surface area contributed by atoms with Gasteiger partial charge in [-0.15, -0.1) is 0 Å². The third-order valence-electron chi connectivity index (χ3n) is 2.62. The van der Waals surface area contributed by atoms with Crippen molar-refractivity contribution in [3.05, 3.63) is 54.1 Å². The first-order chi connectivity index (χ1) is 7.81. The lowest BCUT2D eigenvalue weighted by Crippen LogP contribution is -1.87. The van der Waals surface area contributed by atoms with Crippen molar-refractivity contribution in [1.29, 1.82) is 0 Å². The SMILES string of the molecule is CCC(=O)C=Cc1cccc2ccccc12. The first-order valence-corrected chi connectivity index (χ1v) is 5.50. The zero-order chi connectivity index (χ0) is 11.4. The maximum Gasteiger partial charge on any atom is 0.155 e. The van der Waals surface area contributed by atoms with Gasteiger partial charge in [-0.25, -0.2) is 0 Å². The van der Waals surface area contributed by atoms with Gasteiger partial charge in [-0.3, -0.25) is 4.79 Å². The minimum Gasteiger partial charge on any atom is -0.295 e. The molecule has 0 amide bonds. The quantitative estimate of drug-likeness (QED) is 0.703. The summed E-state index contributed by atoms with van der Waals surface area (Å²) in [6.07, 6.45) is 4.11. The maximum atomic E-state index is 11.2. The Balaban J connectivity index is 2.45. The molecule has 0 fully saturated rings. The van der Waals surface area contributed by atoms with Crippen LogP contribution in [0.3, 0.4) is 0 Å². The molecule has 0 aliphatic carbocycles. The van der Waals surface area contributed by atoms with Crippen LogP contribution < -0.4 is 0 Å². The Labute approximate surface area is 95.4 Å². The molecule has 0 atom stereocenters. The van der Waals surface area contributed by atoms with Gasteiger partial charge >= 0.3 is 0 Å². The van der Waals surface area contributed by atoms with E-state index in [1.54, 1.807) is 6.08 Å². The van der Waals surface area contributed by atoms with E-state index in [0.29, 0.717) is 6.42 Å². The van der Waals surface area contributed by atoms with E-state index in [-0.39, 0.29) is 5.78 Å². The summed E-state index contributed by atoms with van der Waals surface area (Å²) in [6, 6.07) is 14.3. The van der Waals surface area contributed by atoms with E-state index in [4.69, 9.17) is 0 Å². The second-order valence-electron chi connectivity index (χ2n) is 3.72. The third kappa shape index (κ3) is 2.19. The maximum absolute atomic E-state index is 11.2. The number of rotatable bonds is 3. The lowest BCUT2D eigenvalue weighted by Gasteiger charge is -2.01. The molecule has 1 nitrogen and oxygen atoms in total. The average Bonchev–Trinajstić information content (AvgIpc) is 2.35. The highest BCUT2D eigenvalue weighted by Crippen LogP contribution is 2.19. The predicted molar refractivity (Wildman–Crippen MR) is 68.3 cm³/mol. The van der Waals surface area contributed by atoms with Crippen molar-refractivity contribution in [3.8, 4) is 0 Å². The van der Waals surface area contributed by atoms with Gasteiger partial charge in [0.2, 0.25) is 0 Å². The lowest BCUT2D eigenvalue weighted by molar-refractivity contribution is -0.114. The Hall–Kier alpha value is -1.89. The number of allylic oxidation sites excluding steroid dienone is 1. The summed E-state index contributed by atoms with van der Waals surface area (Å²) < 4.78 is 0. The van der Waals surface area contributed by atoms with E-state index in [9.17, 15) is 4.79 Å². The Bertz CT molecular complexity index is 533. The predicted octanol–water partition coefficient (Wildman–Crippen LogP) is 3.83. The second-order valence-corrected chi connectivity index (χ2v) is 3.72. The van der Waals surface area contributed by atoms with Crippen LogP contribution in [-0.4, -0.2) is 5.78 Å². The van der Waals surface area contributed by atoms with E-state index in [1.807, 2.05) is 37.3 Å². The van der Waals surface area contributed by atoms with Crippen molar-refractivity contribution in [2.24, 2.45) is 0 Å². The fraction of sp³-hybridized carbons (Fsp3) is 0.133. The molecule has 2 aromatic rings. The van der Waals surface area contributed by atoms with Gasteiger partial charge in [-0.05, 0) is 22.4 Å². The Morgan fingerprint density at radius 3 is 2.69 bits per heavy atom. The number of benzene rings is 2. The fourth-order valence-corrected chi connectivity index (χ4v) is 1.70. The largest absolute Gasteiger partial charge is 0.295 e. The Kier molecular flexibility index (Phi) is 3.16. The first-order valence-electron chi connectivity index (χ1n) is 5.50. The number of ketones is 1. The van der Waals surface area contributed by atoms with Crippen molar-refractivity contribution >= 4 is 22.6 Å². The number of fused-ring (bicyclic) bond motifs is 1. The van der Waals surface area contributed by atoms with E-state index in [0.717, 1.165) is 5.56 Å². The van der Waals surface area contributed by atoms with Crippen LogP contribution in [0.5, 0.6) is 0 Å². The normalized spacial score (nSPS) is 11.1. The molecule has 16 heavy (non-hydrogen) atoms. The Morgan fingerprint density at radius 1 is 1.12 bits per heavy atom. The van der Waals surface area contributed by atoms with Gasteiger partial charge in [-0.2, -0.15) is 0 Å². The summed E-state index contributed by atoms with van der Waals surface area (Å²) in [5.74, 6) is 0.160. The molecule has 80 valence electrons. The van der Waals surface area contributed by atoms with Crippen LogP contribution in [0.1, 0.15) is 18.9 Å². The van der Waals surface area contributed by atoms with Crippen molar-refractivity contribution in [2.75, 3.05) is 0 Å². The third-order valence-corrected chi connectivity index (χ3v) is 2.62. The van der Waals surface area contributed by atoms with Gasteiger partial charge in [0.25, 0.3) is 0 Å². The summed E-state index contributed by atoms with van der Waals surface area (Å²) in [6.45, 7) is 1.87. The van der Waals surface area contributed by atoms with Crippen molar-refractivity contribution in [1.82, 2.24) is 0 Å². The van der Waals surface area contributed by atoms with Gasteiger partial charge < -0.3 is 0 Å². The lowest BCUT2D eigenvalue weighted by atomic mass is 10.0. The van der Waals surface area contributed by atoms with Crippen LogP contribution in [0.25, 0.3) is 16.8 Å². The summed E-state index contributed by atoms with van der Waals surface area (Å²) in [5, 5.41) is 2.39. The first kappa shape index (κ1) is 10.6. The van der Waals surface area contributed by atoms with E-state index in [1.165, 1.54) is 10.8 Å². The second kappa shape index (κ2) is 4.75. The molecule has 0 heterocycles. The molecule has 2 rings (SSSR count). The van der Waals surface area contributed by atoms with Crippen molar-refractivity contribution < 1.29 is 4.79 Å². The van der Waals surface area contributed by atoms with Gasteiger partial charge in [-0.1, -0.05) is 55.5 Å². The monoisotopic (exact) mass is 210 g/mol. The zero-order valence-electron chi connectivity index (χ0n) is 9.31. The van der Waals surface area contributed by atoms with Crippen LogP contribution in [0.2, 0.25) is 0 Å². The highest BCUT2D eigenvalue weighted by Gasteiger charge is 1.97. The molecule has 0 bridgehead atoms. The van der Waals surface area contributed by atoms with E-state index < -0.39 is 0 Å². The van der Waals surface area contributed by atoms with Crippen LogP contribution in [0.4, 0.5) is 0 Å². The zero-order valence-corrected chi connectivity index (χ0v) is 9.31. The molecule has 0 radical (unpaired) electrons. The molecule has 0 saturated carbocycles. The molecule has 0 saturated heterocycles. The van der Waals surface area contributed by atoms with Gasteiger partial charge in [0.15, 0.2) is 5.78 Å². The minimum absolute atomic E-state index is 0.160. The summed E-state index contributed by atoms with van der Waals surface area (Å²) in [4.78, 5) is 11.2. The van der Waals surface area contributed by atoms with E-state index >= 15 is 0 Å².